The minimum atomic E-state index is 0.580. The van der Waals surface area contributed by atoms with E-state index in [2.05, 4.69) is 27.0 Å². The fourth-order valence-electron chi connectivity index (χ4n) is 3.29. The fourth-order valence-corrected chi connectivity index (χ4v) is 3.29. The summed E-state index contributed by atoms with van der Waals surface area (Å²) in [6.07, 6.45) is 0. The van der Waals surface area contributed by atoms with E-state index in [0.29, 0.717) is 13.2 Å². The molecule has 2 aromatic rings. The molecular formula is C19H25N5O2. The molecule has 1 saturated heterocycles. The molecule has 4 rings (SSSR count). The number of nitrogens with zero attached hydrogens (tertiary/aromatic N) is 4. The van der Waals surface area contributed by atoms with Crippen molar-refractivity contribution in [2.45, 2.75) is 13.8 Å². The van der Waals surface area contributed by atoms with Crippen LogP contribution < -0.4 is 19.7 Å². The van der Waals surface area contributed by atoms with Crippen LogP contribution in [0.2, 0.25) is 0 Å². The van der Waals surface area contributed by atoms with Gasteiger partial charge in [-0.1, -0.05) is 6.92 Å². The quantitative estimate of drug-likeness (QED) is 0.904. The van der Waals surface area contributed by atoms with Crippen LogP contribution in [0.25, 0.3) is 0 Å². The first kappa shape index (κ1) is 16.9. The highest BCUT2D eigenvalue weighted by atomic mass is 16.6. The topological polar surface area (TPSA) is 62.8 Å². The van der Waals surface area contributed by atoms with Gasteiger partial charge >= 0.3 is 0 Å². The van der Waals surface area contributed by atoms with E-state index in [0.717, 1.165) is 67.4 Å². The molecule has 0 amide bonds. The van der Waals surface area contributed by atoms with Gasteiger partial charge in [0, 0.05) is 49.7 Å². The highest BCUT2D eigenvalue weighted by Crippen LogP contribution is 2.33. The summed E-state index contributed by atoms with van der Waals surface area (Å²) in [7, 11) is 0. The molecule has 0 aliphatic carbocycles. The van der Waals surface area contributed by atoms with Gasteiger partial charge in [0.1, 0.15) is 19.0 Å². The second-order valence-electron chi connectivity index (χ2n) is 6.60. The van der Waals surface area contributed by atoms with Gasteiger partial charge in [0.25, 0.3) is 0 Å². The Morgan fingerprint density at radius 1 is 1.00 bits per heavy atom. The normalized spacial score (nSPS) is 17.2. The maximum atomic E-state index is 5.65. The molecule has 0 atom stereocenters. The van der Waals surface area contributed by atoms with Gasteiger partial charge in [-0.05, 0) is 25.6 Å². The van der Waals surface area contributed by atoms with Crippen LogP contribution in [0.1, 0.15) is 12.6 Å². The van der Waals surface area contributed by atoms with E-state index in [4.69, 9.17) is 14.5 Å². The van der Waals surface area contributed by atoms with Crippen LogP contribution in [-0.4, -0.2) is 60.8 Å². The predicted molar refractivity (Wildman–Crippen MR) is 102 cm³/mol. The molecule has 0 saturated carbocycles. The summed E-state index contributed by atoms with van der Waals surface area (Å²) in [5, 5.41) is 3.37. The number of likely N-dealkylation sites (N-methyl/N-ethyl adjacent to an activating group) is 1. The molecule has 0 spiro atoms. The van der Waals surface area contributed by atoms with E-state index in [9.17, 15) is 0 Å². The van der Waals surface area contributed by atoms with Crippen LogP contribution in [0, 0.1) is 6.92 Å². The molecule has 26 heavy (non-hydrogen) atoms. The molecule has 7 nitrogen and oxygen atoms in total. The molecule has 0 unspecified atom stereocenters. The standard InChI is InChI=1S/C19H25N5O2/c1-3-23-6-8-24(9-7-23)19-20-14(2)12-18(22-19)21-15-4-5-16-17(13-15)26-11-10-25-16/h4-5,12-13H,3,6-11H2,1-2H3,(H,20,21,22). The zero-order chi connectivity index (χ0) is 17.9. The summed E-state index contributed by atoms with van der Waals surface area (Å²) in [6, 6.07) is 7.81. The van der Waals surface area contributed by atoms with E-state index < -0.39 is 0 Å². The van der Waals surface area contributed by atoms with Gasteiger partial charge < -0.3 is 24.6 Å². The van der Waals surface area contributed by atoms with Gasteiger partial charge in [0.15, 0.2) is 11.5 Å². The zero-order valence-electron chi connectivity index (χ0n) is 15.4. The number of rotatable bonds is 4. The summed E-state index contributed by atoms with van der Waals surface area (Å²) >= 11 is 0. The lowest BCUT2D eigenvalue weighted by Crippen LogP contribution is -2.46. The minimum Gasteiger partial charge on any atom is -0.486 e. The van der Waals surface area contributed by atoms with Crippen molar-refractivity contribution >= 4 is 17.5 Å². The molecule has 1 N–H and O–H groups in total. The van der Waals surface area contributed by atoms with E-state index in [1.54, 1.807) is 0 Å². The van der Waals surface area contributed by atoms with Gasteiger partial charge in [-0.15, -0.1) is 0 Å². The smallest absolute Gasteiger partial charge is 0.227 e. The third kappa shape index (κ3) is 3.67. The van der Waals surface area contributed by atoms with E-state index in [1.165, 1.54) is 0 Å². The Morgan fingerprint density at radius 3 is 2.54 bits per heavy atom. The largest absolute Gasteiger partial charge is 0.486 e. The fraction of sp³-hybridized carbons (Fsp3) is 0.474. The molecule has 2 aliphatic rings. The van der Waals surface area contributed by atoms with Crippen molar-refractivity contribution in [3.8, 4) is 11.5 Å². The van der Waals surface area contributed by atoms with Gasteiger partial charge in [0.2, 0.25) is 5.95 Å². The van der Waals surface area contributed by atoms with Crippen LogP contribution in [0.3, 0.4) is 0 Å². The summed E-state index contributed by atoms with van der Waals surface area (Å²) in [6.45, 7) is 10.5. The maximum absolute atomic E-state index is 5.65. The molecule has 3 heterocycles. The lowest BCUT2D eigenvalue weighted by atomic mass is 10.2. The number of hydrogen-bond donors (Lipinski definition) is 1. The van der Waals surface area contributed by atoms with Crippen molar-refractivity contribution in [3.63, 3.8) is 0 Å². The molecular weight excluding hydrogens is 330 g/mol. The highest BCUT2D eigenvalue weighted by molar-refractivity contribution is 5.62. The predicted octanol–water partition coefficient (Wildman–Crippen LogP) is 2.44. The minimum absolute atomic E-state index is 0.580. The number of anilines is 3. The van der Waals surface area contributed by atoms with Gasteiger partial charge in [-0.3, -0.25) is 0 Å². The molecule has 1 aromatic heterocycles. The van der Waals surface area contributed by atoms with Crippen LogP contribution in [0.4, 0.5) is 17.5 Å². The number of fused-ring (bicyclic) bond motifs is 1. The number of piperazine rings is 1. The Hall–Kier alpha value is -2.54. The van der Waals surface area contributed by atoms with E-state index in [1.807, 2.05) is 31.2 Å². The third-order valence-corrected chi connectivity index (χ3v) is 4.76. The van der Waals surface area contributed by atoms with Crippen molar-refractivity contribution < 1.29 is 9.47 Å². The molecule has 2 aliphatic heterocycles. The summed E-state index contributed by atoms with van der Waals surface area (Å²) in [4.78, 5) is 14.1. The average molecular weight is 355 g/mol. The Morgan fingerprint density at radius 2 is 1.77 bits per heavy atom. The van der Waals surface area contributed by atoms with E-state index >= 15 is 0 Å². The van der Waals surface area contributed by atoms with Crippen molar-refractivity contribution in [1.82, 2.24) is 14.9 Å². The Kier molecular flexibility index (Phi) is 4.79. The summed E-state index contributed by atoms with van der Waals surface area (Å²) < 4.78 is 11.2. The number of hydrogen-bond acceptors (Lipinski definition) is 7. The highest BCUT2D eigenvalue weighted by Gasteiger charge is 2.19. The van der Waals surface area contributed by atoms with Crippen LogP contribution >= 0.6 is 0 Å². The molecule has 1 aromatic carbocycles. The van der Waals surface area contributed by atoms with Crippen LogP contribution in [0.5, 0.6) is 11.5 Å². The number of aromatic nitrogens is 2. The van der Waals surface area contributed by atoms with Gasteiger partial charge in [-0.25, -0.2) is 4.98 Å². The first-order valence-corrected chi connectivity index (χ1v) is 9.21. The number of ether oxygens (including phenoxy) is 2. The van der Waals surface area contributed by atoms with Crippen LogP contribution in [0.15, 0.2) is 24.3 Å². The molecule has 138 valence electrons. The average Bonchev–Trinajstić information content (AvgIpc) is 2.67. The number of nitrogens with one attached hydrogen (secondary N) is 1. The first-order valence-electron chi connectivity index (χ1n) is 9.21. The second kappa shape index (κ2) is 7.37. The number of aryl methyl sites for hydroxylation is 1. The Bertz CT molecular complexity index is 775. The first-order chi connectivity index (χ1) is 12.7. The van der Waals surface area contributed by atoms with Gasteiger partial charge in [0.05, 0.1) is 0 Å². The summed E-state index contributed by atoms with van der Waals surface area (Å²) in [5.41, 5.74) is 1.88. The van der Waals surface area contributed by atoms with Gasteiger partial charge in [-0.2, -0.15) is 4.98 Å². The molecule has 0 radical (unpaired) electrons. The Balaban J connectivity index is 1.51. The van der Waals surface area contributed by atoms with Crippen LogP contribution in [-0.2, 0) is 0 Å². The number of benzene rings is 1. The zero-order valence-corrected chi connectivity index (χ0v) is 15.4. The second-order valence-corrected chi connectivity index (χ2v) is 6.60. The van der Waals surface area contributed by atoms with Crippen molar-refractivity contribution in [3.05, 3.63) is 30.0 Å². The SMILES string of the molecule is CCN1CCN(c2nc(C)cc(Nc3ccc4c(c3)OCCO4)n2)CC1. The Labute approximate surface area is 153 Å². The maximum Gasteiger partial charge on any atom is 0.227 e. The monoisotopic (exact) mass is 355 g/mol. The van der Waals surface area contributed by atoms with Crippen molar-refractivity contribution in [1.29, 1.82) is 0 Å². The lowest BCUT2D eigenvalue weighted by molar-refractivity contribution is 0.171. The summed E-state index contributed by atoms with van der Waals surface area (Å²) in [5.74, 6) is 3.14. The molecule has 0 bridgehead atoms. The van der Waals surface area contributed by atoms with E-state index in [-0.39, 0.29) is 0 Å². The third-order valence-electron chi connectivity index (χ3n) is 4.76. The molecule has 7 heteroatoms. The molecule has 1 fully saturated rings. The lowest BCUT2D eigenvalue weighted by Gasteiger charge is -2.34. The van der Waals surface area contributed by atoms with Crippen molar-refractivity contribution in [2.75, 3.05) is 56.2 Å². The van der Waals surface area contributed by atoms with Crippen molar-refractivity contribution in [2.24, 2.45) is 0 Å².